The lowest BCUT2D eigenvalue weighted by Gasteiger charge is -2.35. The highest BCUT2D eigenvalue weighted by molar-refractivity contribution is 7.92. The van der Waals surface area contributed by atoms with E-state index < -0.39 is 21.8 Å². The van der Waals surface area contributed by atoms with Gasteiger partial charge in [-0.05, 0) is 80.2 Å². The number of likely N-dealkylation sites (N-methyl/N-ethyl adjacent to an activating group) is 1. The predicted molar refractivity (Wildman–Crippen MR) is 141 cm³/mol. The highest BCUT2D eigenvalue weighted by Crippen LogP contribution is 2.41. The lowest BCUT2D eigenvalue weighted by atomic mass is 9.91. The van der Waals surface area contributed by atoms with Gasteiger partial charge < -0.3 is 14.5 Å². The van der Waals surface area contributed by atoms with Gasteiger partial charge in [-0.3, -0.25) is 4.72 Å². The standard InChI is InChI=1S/C27H34FN3O4S/c1-4-30(5-2)16-6-8-19-18-20(28)10-15-25(19)36(33,34)29-23-13-14-24-22(26(23)27(32)35-3)12-11-21-9-7-17-31(21)24/h6,8,10,13-15,18,21,29H,4-5,7,9,11-12,16-17H2,1-3H3/b8-6-. The zero-order valence-corrected chi connectivity index (χ0v) is 21.9. The second kappa shape index (κ2) is 11.0. The molecule has 1 atom stereocenters. The normalized spacial score (nSPS) is 17.4. The minimum Gasteiger partial charge on any atom is -0.465 e. The van der Waals surface area contributed by atoms with Crippen molar-refractivity contribution in [2.24, 2.45) is 0 Å². The molecule has 0 aromatic heterocycles. The van der Waals surface area contributed by atoms with Gasteiger partial charge in [-0.1, -0.05) is 26.0 Å². The summed E-state index contributed by atoms with van der Waals surface area (Å²) >= 11 is 0. The fourth-order valence-electron chi connectivity index (χ4n) is 5.25. The van der Waals surface area contributed by atoms with Crippen LogP contribution in [0.1, 0.15) is 54.6 Å². The quantitative estimate of drug-likeness (QED) is 0.489. The van der Waals surface area contributed by atoms with Gasteiger partial charge in [-0.25, -0.2) is 17.6 Å². The van der Waals surface area contributed by atoms with E-state index >= 15 is 0 Å². The Morgan fingerprint density at radius 1 is 1.22 bits per heavy atom. The van der Waals surface area contributed by atoms with Crippen molar-refractivity contribution in [3.63, 3.8) is 0 Å². The van der Waals surface area contributed by atoms with E-state index in [-0.39, 0.29) is 21.7 Å². The average molecular weight is 516 g/mol. The van der Waals surface area contributed by atoms with Gasteiger partial charge in [0.2, 0.25) is 0 Å². The van der Waals surface area contributed by atoms with Crippen LogP contribution in [-0.2, 0) is 21.2 Å². The van der Waals surface area contributed by atoms with Gasteiger partial charge in [0.1, 0.15) is 5.82 Å². The zero-order valence-electron chi connectivity index (χ0n) is 21.1. The van der Waals surface area contributed by atoms with Crippen molar-refractivity contribution in [3.8, 4) is 0 Å². The van der Waals surface area contributed by atoms with Crippen LogP contribution in [0.3, 0.4) is 0 Å². The van der Waals surface area contributed by atoms with Gasteiger partial charge in [0, 0.05) is 24.8 Å². The van der Waals surface area contributed by atoms with E-state index in [0.717, 1.165) is 56.2 Å². The molecule has 0 saturated carbocycles. The topological polar surface area (TPSA) is 79.0 Å². The van der Waals surface area contributed by atoms with E-state index in [4.69, 9.17) is 4.74 Å². The summed E-state index contributed by atoms with van der Waals surface area (Å²) in [5, 5.41) is 0. The molecule has 1 unspecified atom stereocenters. The molecule has 7 nitrogen and oxygen atoms in total. The molecule has 36 heavy (non-hydrogen) atoms. The van der Waals surface area contributed by atoms with Gasteiger partial charge >= 0.3 is 5.97 Å². The molecule has 0 spiro atoms. The molecule has 2 aromatic carbocycles. The van der Waals surface area contributed by atoms with Gasteiger partial charge in [-0.2, -0.15) is 0 Å². The van der Waals surface area contributed by atoms with Crippen LogP contribution in [0.25, 0.3) is 6.08 Å². The molecule has 0 radical (unpaired) electrons. The van der Waals surface area contributed by atoms with Gasteiger partial charge in [0.25, 0.3) is 10.0 Å². The van der Waals surface area contributed by atoms with E-state index in [9.17, 15) is 17.6 Å². The second-order valence-electron chi connectivity index (χ2n) is 9.18. The number of nitrogens with zero attached hydrogens (tertiary/aromatic N) is 2. The first-order valence-corrected chi connectivity index (χ1v) is 14.0. The number of hydrogen-bond acceptors (Lipinski definition) is 6. The SMILES string of the molecule is CCN(CC)C/C=C\c1cc(F)ccc1S(=O)(=O)Nc1ccc2c(c1C(=O)OC)CCC1CCCN21. The molecule has 2 heterocycles. The molecule has 1 saturated heterocycles. The summed E-state index contributed by atoms with van der Waals surface area (Å²) in [6, 6.07) is 7.54. The number of benzene rings is 2. The van der Waals surface area contributed by atoms with Crippen LogP contribution in [0, 0.1) is 5.82 Å². The first kappa shape index (κ1) is 26.2. The number of hydrogen-bond donors (Lipinski definition) is 1. The van der Waals surface area contributed by atoms with Crippen molar-refractivity contribution < 1.29 is 22.3 Å². The van der Waals surface area contributed by atoms with Crippen molar-refractivity contribution >= 4 is 33.4 Å². The number of esters is 1. The lowest BCUT2D eigenvalue weighted by Crippen LogP contribution is -2.35. The van der Waals surface area contributed by atoms with Crippen molar-refractivity contribution in [2.75, 3.05) is 42.9 Å². The molecule has 2 aliphatic rings. The summed E-state index contributed by atoms with van der Waals surface area (Å²) in [4.78, 5) is 17.3. The summed E-state index contributed by atoms with van der Waals surface area (Å²) in [6.45, 7) is 7.32. The molecular weight excluding hydrogens is 481 g/mol. The smallest absolute Gasteiger partial charge is 0.340 e. The number of anilines is 2. The fourth-order valence-corrected chi connectivity index (χ4v) is 6.50. The van der Waals surface area contributed by atoms with Gasteiger partial charge in [0.05, 0.1) is 23.3 Å². The number of nitrogens with one attached hydrogen (secondary N) is 1. The Morgan fingerprint density at radius 3 is 2.72 bits per heavy atom. The molecule has 0 bridgehead atoms. The van der Waals surface area contributed by atoms with Crippen LogP contribution in [0.15, 0.2) is 41.3 Å². The first-order valence-electron chi connectivity index (χ1n) is 12.5. The Labute approximate surface area is 213 Å². The number of halogens is 1. The maximum atomic E-state index is 14.1. The van der Waals surface area contributed by atoms with Crippen LogP contribution in [0.4, 0.5) is 15.8 Å². The molecule has 1 N–H and O–H groups in total. The number of ether oxygens (including phenoxy) is 1. The molecule has 4 rings (SSSR count). The molecule has 194 valence electrons. The van der Waals surface area contributed by atoms with Crippen LogP contribution in [0.2, 0.25) is 0 Å². The highest BCUT2D eigenvalue weighted by Gasteiger charge is 2.34. The maximum Gasteiger partial charge on any atom is 0.340 e. The highest BCUT2D eigenvalue weighted by atomic mass is 32.2. The third-order valence-corrected chi connectivity index (χ3v) is 8.59. The molecule has 2 aromatic rings. The van der Waals surface area contributed by atoms with Gasteiger partial charge in [0.15, 0.2) is 0 Å². The second-order valence-corrected chi connectivity index (χ2v) is 10.8. The Bertz CT molecular complexity index is 1260. The zero-order chi connectivity index (χ0) is 25.9. The Morgan fingerprint density at radius 2 is 2.00 bits per heavy atom. The molecule has 9 heteroatoms. The molecule has 0 aliphatic carbocycles. The van der Waals surface area contributed by atoms with Crippen molar-refractivity contribution in [3.05, 3.63) is 58.9 Å². The van der Waals surface area contributed by atoms with Crippen LogP contribution in [0.5, 0.6) is 0 Å². The largest absolute Gasteiger partial charge is 0.465 e. The van der Waals surface area contributed by atoms with Crippen LogP contribution >= 0.6 is 0 Å². The van der Waals surface area contributed by atoms with Crippen molar-refractivity contribution in [2.45, 2.75) is 50.5 Å². The van der Waals surface area contributed by atoms with Crippen molar-refractivity contribution in [1.82, 2.24) is 4.90 Å². The summed E-state index contributed by atoms with van der Waals surface area (Å²) in [5.74, 6) is -1.11. The number of fused-ring (bicyclic) bond motifs is 3. The van der Waals surface area contributed by atoms with Crippen molar-refractivity contribution in [1.29, 1.82) is 0 Å². The molecule has 1 fully saturated rings. The Kier molecular flexibility index (Phi) is 8.00. The lowest BCUT2D eigenvalue weighted by molar-refractivity contribution is 0.0600. The number of methoxy groups -OCH3 is 1. The third-order valence-electron chi connectivity index (χ3n) is 7.15. The van der Waals surface area contributed by atoms with E-state index in [1.54, 1.807) is 12.1 Å². The summed E-state index contributed by atoms with van der Waals surface area (Å²) in [6.07, 6.45) is 7.25. The summed E-state index contributed by atoms with van der Waals surface area (Å²) in [7, 11) is -2.84. The minimum atomic E-state index is -4.13. The summed E-state index contributed by atoms with van der Waals surface area (Å²) < 4.78 is 48.7. The first-order chi connectivity index (χ1) is 17.3. The van der Waals surface area contributed by atoms with E-state index in [2.05, 4.69) is 14.5 Å². The number of rotatable bonds is 9. The monoisotopic (exact) mass is 515 g/mol. The maximum absolute atomic E-state index is 14.1. The van der Waals surface area contributed by atoms with E-state index in [1.807, 2.05) is 26.0 Å². The van der Waals surface area contributed by atoms with Crippen LogP contribution < -0.4 is 9.62 Å². The third kappa shape index (κ3) is 5.27. The van der Waals surface area contributed by atoms with E-state index in [0.29, 0.717) is 19.0 Å². The molecule has 2 aliphatic heterocycles. The number of carbonyl (C=O) groups is 1. The Hall–Kier alpha value is -2.91. The van der Waals surface area contributed by atoms with Gasteiger partial charge in [-0.15, -0.1) is 0 Å². The minimum absolute atomic E-state index is 0.0622. The molecule has 0 amide bonds. The number of sulfonamides is 1. The fraction of sp³-hybridized carbons (Fsp3) is 0.444. The molecular formula is C27H34FN3O4S. The predicted octanol–water partition coefficient (Wildman–Crippen LogP) is 4.68. The number of carbonyl (C=O) groups excluding carboxylic acids is 1. The average Bonchev–Trinajstić information content (AvgIpc) is 3.35. The van der Waals surface area contributed by atoms with Crippen LogP contribution in [-0.4, -0.2) is 58.6 Å². The Balaban J connectivity index is 1.70. The van der Waals surface area contributed by atoms with E-state index in [1.165, 1.54) is 19.2 Å². The summed E-state index contributed by atoms with van der Waals surface area (Å²) in [5.41, 5.74) is 2.42.